The van der Waals surface area contributed by atoms with Crippen LogP contribution in [0.3, 0.4) is 0 Å². The molecular weight excluding hydrogens is 953 g/mol. The van der Waals surface area contributed by atoms with Gasteiger partial charge < -0.3 is 20.1 Å². The van der Waals surface area contributed by atoms with Gasteiger partial charge in [-0.15, -0.1) is 11.8 Å². The molecule has 0 spiro atoms. The van der Waals surface area contributed by atoms with Gasteiger partial charge in [0.15, 0.2) is 21.2 Å². The largest absolute Gasteiger partial charge is 0.480 e. The van der Waals surface area contributed by atoms with Crippen LogP contribution in [0.15, 0.2) is 182 Å². The fraction of sp³-hybridized carbons (Fsp3) is 0.371. The molecule has 0 aliphatic rings. The van der Waals surface area contributed by atoms with Crippen molar-refractivity contribution in [1.82, 2.24) is 0 Å². The van der Waals surface area contributed by atoms with E-state index in [9.17, 15) is 38.1 Å². The second kappa shape index (κ2) is 36.0. The first kappa shape index (κ1) is 59.6. The van der Waals surface area contributed by atoms with E-state index < -0.39 is 39.1 Å². The van der Waals surface area contributed by atoms with E-state index in [1.807, 2.05) is 78.9 Å². The van der Waals surface area contributed by atoms with Gasteiger partial charge in [-0.05, 0) is 110 Å². The molecule has 11 heteroatoms. The number of hydrogen-bond acceptors (Lipinski definition) is 7. The van der Waals surface area contributed by atoms with Gasteiger partial charge in [0.2, 0.25) is 0 Å². The molecule has 0 aliphatic carbocycles. The van der Waals surface area contributed by atoms with Crippen molar-refractivity contribution in [2.75, 3.05) is 12.4 Å². The molecule has 0 aromatic heterocycles. The predicted octanol–water partition coefficient (Wildman–Crippen LogP) is 13.6. The summed E-state index contributed by atoms with van der Waals surface area (Å²) in [7, 11) is -3.71. The standard InChI is InChI=1S/C21H26O3.C21H26O2S.C20H24O4S/c2*22-21(23)20(24-17-16-19-13-6-2-7-14-19)15-9-3-8-12-18-10-4-1-5-11-18;21-20(22)19(25(23,24)16-18-13-7-2-8-14-18)15-9-3-6-12-17-10-4-1-5-11-17/h2*1-2,4-7,10-11,13-14,20H,3,8-9,12,15-17H2,(H,22,23);1-2,4-5,7-8,10-11,13-14,19H,3,6,9,12,15-16H2,(H,21,22). The van der Waals surface area contributed by atoms with E-state index in [0.29, 0.717) is 25.0 Å². The molecule has 0 radical (unpaired) electrons. The molecule has 390 valence electrons. The minimum atomic E-state index is -3.71. The number of thioether (sulfide) groups is 1. The zero-order chi connectivity index (χ0) is 52.2. The van der Waals surface area contributed by atoms with Crippen LogP contribution in [-0.4, -0.2) is 70.6 Å². The Morgan fingerprint density at radius 3 is 1.14 bits per heavy atom. The Bertz CT molecular complexity index is 2370. The van der Waals surface area contributed by atoms with Gasteiger partial charge in [0.05, 0.1) is 12.4 Å². The summed E-state index contributed by atoms with van der Waals surface area (Å²) in [6.45, 7) is 0.449. The van der Waals surface area contributed by atoms with Crippen molar-refractivity contribution in [3.05, 3.63) is 215 Å². The molecule has 9 nitrogen and oxygen atoms in total. The lowest BCUT2D eigenvalue weighted by atomic mass is 10.0. The number of hydrogen-bond donors (Lipinski definition) is 3. The Hall–Kier alpha value is -6.01. The highest BCUT2D eigenvalue weighted by molar-refractivity contribution is 8.00. The summed E-state index contributed by atoms with van der Waals surface area (Å²) in [5, 5.41) is 26.4. The number of aliphatic carboxylic acids is 3. The van der Waals surface area contributed by atoms with Crippen LogP contribution in [-0.2, 0) is 66.8 Å². The molecule has 0 fully saturated rings. The number of rotatable bonds is 32. The Morgan fingerprint density at radius 1 is 0.397 bits per heavy atom. The minimum Gasteiger partial charge on any atom is -0.480 e. The number of aryl methyl sites for hydroxylation is 4. The first-order valence-electron chi connectivity index (χ1n) is 25.9. The molecular formula is C62H76O9S2. The Kier molecular flexibility index (Phi) is 29.4. The summed E-state index contributed by atoms with van der Waals surface area (Å²) in [5.41, 5.74) is 7.02. The highest BCUT2D eigenvalue weighted by Crippen LogP contribution is 2.22. The minimum absolute atomic E-state index is 0.166. The molecule has 3 unspecified atom stereocenters. The van der Waals surface area contributed by atoms with Gasteiger partial charge in [0, 0.05) is 0 Å². The number of sulfone groups is 1. The van der Waals surface area contributed by atoms with E-state index in [2.05, 4.69) is 72.8 Å². The van der Waals surface area contributed by atoms with Crippen LogP contribution in [0.25, 0.3) is 0 Å². The van der Waals surface area contributed by atoms with Crippen molar-refractivity contribution in [2.24, 2.45) is 0 Å². The molecule has 0 saturated carbocycles. The fourth-order valence-electron chi connectivity index (χ4n) is 8.29. The topological polar surface area (TPSA) is 155 Å². The molecule has 73 heavy (non-hydrogen) atoms. The van der Waals surface area contributed by atoms with Crippen molar-refractivity contribution >= 4 is 39.5 Å². The maximum atomic E-state index is 12.4. The molecule has 0 bridgehead atoms. The maximum absolute atomic E-state index is 12.4. The first-order valence-corrected chi connectivity index (χ1v) is 28.6. The van der Waals surface area contributed by atoms with Gasteiger partial charge in [-0.2, -0.15) is 0 Å². The number of carbonyl (C=O) groups is 3. The van der Waals surface area contributed by atoms with Gasteiger partial charge in [0.25, 0.3) is 0 Å². The van der Waals surface area contributed by atoms with E-state index >= 15 is 0 Å². The molecule has 6 rings (SSSR count). The summed E-state index contributed by atoms with van der Waals surface area (Å²) in [4.78, 5) is 34.2. The van der Waals surface area contributed by atoms with Crippen molar-refractivity contribution in [3.8, 4) is 0 Å². The highest BCUT2D eigenvalue weighted by atomic mass is 32.2. The monoisotopic (exact) mass is 1030 g/mol. The van der Waals surface area contributed by atoms with Crippen LogP contribution in [0.2, 0.25) is 0 Å². The van der Waals surface area contributed by atoms with E-state index in [1.165, 1.54) is 27.8 Å². The molecule has 3 N–H and O–H groups in total. The van der Waals surface area contributed by atoms with E-state index in [1.54, 1.807) is 42.1 Å². The number of unbranched alkanes of at least 4 members (excludes halogenated alkanes) is 6. The summed E-state index contributed by atoms with van der Waals surface area (Å²) in [5.74, 6) is -2.14. The number of benzene rings is 6. The summed E-state index contributed by atoms with van der Waals surface area (Å²) < 4.78 is 30.5. The lowest BCUT2D eigenvalue weighted by molar-refractivity contribution is -0.151. The van der Waals surface area contributed by atoms with E-state index in [-0.39, 0.29) is 17.4 Å². The fourth-order valence-corrected chi connectivity index (χ4v) is 11.1. The Balaban J connectivity index is 0.000000237. The molecule has 0 amide bonds. The quantitative estimate of drug-likeness (QED) is 0.0348. The molecule has 3 atom stereocenters. The lowest BCUT2D eigenvalue weighted by Crippen LogP contribution is -2.31. The van der Waals surface area contributed by atoms with Crippen LogP contribution >= 0.6 is 11.8 Å². The third kappa shape index (κ3) is 26.5. The van der Waals surface area contributed by atoms with Gasteiger partial charge in [-0.25, -0.2) is 13.2 Å². The zero-order valence-electron chi connectivity index (χ0n) is 42.3. The molecule has 0 heterocycles. The van der Waals surface area contributed by atoms with Crippen molar-refractivity contribution in [3.63, 3.8) is 0 Å². The Labute approximate surface area is 439 Å². The van der Waals surface area contributed by atoms with Gasteiger partial charge in [-0.3, -0.25) is 9.59 Å². The summed E-state index contributed by atoms with van der Waals surface area (Å²) in [6.07, 6.45) is 14.1. The molecule has 6 aromatic rings. The van der Waals surface area contributed by atoms with Gasteiger partial charge in [0.1, 0.15) is 5.25 Å². The SMILES string of the molecule is O=C(O)C(CCCCCc1ccccc1)OCCc1ccccc1.O=C(O)C(CCCCCc1ccccc1)S(=O)(=O)Cc1ccccc1.O=C(O)C(CCCCCc1ccccc1)SCCc1ccccc1. The summed E-state index contributed by atoms with van der Waals surface area (Å²) >= 11 is 1.58. The van der Waals surface area contributed by atoms with Crippen LogP contribution in [0.1, 0.15) is 110 Å². The average molecular weight is 1030 g/mol. The van der Waals surface area contributed by atoms with Gasteiger partial charge >= 0.3 is 17.9 Å². The third-order valence-electron chi connectivity index (χ3n) is 12.4. The van der Waals surface area contributed by atoms with Crippen LogP contribution in [0.4, 0.5) is 0 Å². The lowest BCUT2D eigenvalue weighted by Gasteiger charge is -2.13. The number of carboxylic acids is 3. The van der Waals surface area contributed by atoms with Crippen molar-refractivity contribution in [1.29, 1.82) is 0 Å². The maximum Gasteiger partial charge on any atom is 0.332 e. The van der Waals surface area contributed by atoms with Crippen LogP contribution in [0, 0.1) is 0 Å². The zero-order valence-corrected chi connectivity index (χ0v) is 43.9. The van der Waals surface area contributed by atoms with Crippen molar-refractivity contribution in [2.45, 2.75) is 132 Å². The second-order valence-corrected chi connectivity index (χ2v) is 21.7. The predicted molar refractivity (Wildman–Crippen MR) is 298 cm³/mol. The van der Waals surface area contributed by atoms with Crippen LogP contribution < -0.4 is 0 Å². The number of carboxylic acid groups (broad SMARTS) is 3. The van der Waals surface area contributed by atoms with Crippen molar-refractivity contribution < 1.29 is 42.9 Å². The first-order chi connectivity index (χ1) is 35.5. The molecule has 6 aromatic carbocycles. The highest BCUT2D eigenvalue weighted by Gasteiger charge is 2.32. The van der Waals surface area contributed by atoms with Crippen LogP contribution in [0.5, 0.6) is 0 Å². The molecule has 0 aliphatic heterocycles. The average Bonchev–Trinajstić information content (AvgIpc) is 3.40. The third-order valence-corrected chi connectivity index (χ3v) is 15.7. The van der Waals surface area contributed by atoms with E-state index in [4.69, 9.17) is 4.74 Å². The molecule has 0 saturated heterocycles. The van der Waals surface area contributed by atoms with E-state index in [0.717, 1.165) is 95.6 Å². The second-order valence-electron chi connectivity index (χ2n) is 18.2. The normalized spacial score (nSPS) is 12.2. The Morgan fingerprint density at radius 2 is 0.753 bits per heavy atom. The summed E-state index contributed by atoms with van der Waals surface area (Å²) in [6, 6.07) is 59.9. The smallest absolute Gasteiger partial charge is 0.332 e. The number of ether oxygens (including phenoxy) is 1. The van der Waals surface area contributed by atoms with Gasteiger partial charge in [-0.1, -0.05) is 221 Å².